The highest BCUT2D eigenvalue weighted by atomic mass is 19.1. The van der Waals surface area contributed by atoms with Crippen LogP contribution in [0.15, 0.2) is 47.1 Å². The molecule has 1 N–H and O–H groups in total. The fourth-order valence-electron chi connectivity index (χ4n) is 2.69. The van der Waals surface area contributed by atoms with Gasteiger partial charge in [0.1, 0.15) is 11.9 Å². The number of furan rings is 1. The van der Waals surface area contributed by atoms with E-state index in [-0.39, 0.29) is 42.5 Å². The molecule has 2 heterocycles. The number of morpholine rings is 1. The third-order valence-electron chi connectivity index (χ3n) is 4.03. The molecule has 1 aromatic heterocycles. The molecular formula is C18H19FN2O4. The molecule has 6 nitrogen and oxygen atoms in total. The van der Waals surface area contributed by atoms with Crippen LogP contribution in [-0.4, -0.2) is 43.0 Å². The van der Waals surface area contributed by atoms with E-state index in [9.17, 15) is 14.0 Å². The van der Waals surface area contributed by atoms with E-state index in [0.717, 1.165) is 5.56 Å². The first-order valence-electron chi connectivity index (χ1n) is 8.10. The summed E-state index contributed by atoms with van der Waals surface area (Å²) in [6.45, 7) is 1.57. The first-order chi connectivity index (χ1) is 12.1. The fraction of sp³-hybridized carbons (Fsp3) is 0.333. The van der Waals surface area contributed by atoms with Gasteiger partial charge in [-0.15, -0.1) is 0 Å². The molecule has 132 valence electrons. The standard InChI is InChI=1S/C18H19FN2O4/c19-14-5-3-13(4-6-14)16-12-21(9-11-25-16)17(22)7-8-20-18(23)15-2-1-10-24-15/h1-6,10,16H,7-9,11-12H2,(H,20,23). The minimum absolute atomic E-state index is 0.0600. The molecule has 0 saturated carbocycles. The lowest BCUT2D eigenvalue weighted by atomic mass is 10.1. The number of amides is 2. The van der Waals surface area contributed by atoms with Crippen molar-refractivity contribution in [1.29, 1.82) is 0 Å². The Kier molecular flexibility index (Phi) is 5.45. The van der Waals surface area contributed by atoms with Crippen molar-refractivity contribution in [2.24, 2.45) is 0 Å². The Morgan fingerprint density at radius 2 is 2.04 bits per heavy atom. The fourth-order valence-corrected chi connectivity index (χ4v) is 2.69. The van der Waals surface area contributed by atoms with Gasteiger partial charge in [0, 0.05) is 19.5 Å². The maximum absolute atomic E-state index is 13.0. The summed E-state index contributed by atoms with van der Waals surface area (Å²) in [4.78, 5) is 25.8. The average Bonchev–Trinajstić information content (AvgIpc) is 3.17. The lowest BCUT2D eigenvalue weighted by molar-refractivity contribution is -0.138. The van der Waals surface area contributed by atoms with Crippen molar-refractivity contribution in [3.63, 3.8) is 0 Å². The lowest BCUT2D eigenvalue weighted by Gasteiger charge is -2.33. The van der Waals surface area contributed by atoms with E-state index in [1.807, 2.05) is 0 Å². The van der Waals surface area contributed by atoms with E-state index in [4.69, 9.17) is 9.15 Å². The van der Waals surface area contributed by atoms with Crippen LogP contribution in [-0.2, 0) is 9.53 Å². The zero-order valence-electron chi connectivity index (χ0n) is 13.6. The third-order valence-corrected chi connectivity index (χ3v) is 4.03. The number of carbonyl (C=O) groups is 2. The minimum Gasteiger partial charge on any atom is -0.459 e. The van der Waals surface area contributed by atoms with Crippen LogP contribution < -0.4 is 5.32 Å². The highest BCUT2D eigenvalue weighted by Gasteiger charge is 2.25. The van der Waals surface area contributed by atoms with Crippen LogP contribution in [0.4, 0.5) is 4.39 Å². The Morgan fingerprint density at radius 3 is 2.76 bits per heavy atom. The third kappa shape index (κ3) is 4.45. The molecular weight excluding hydrogens is 327 g/mol. The predicted octanol–water partition coefficient (Wildman–Crippen LogP) is 2.14. The second kappa shape index (κ2) is 7.94. The molecule has 0 spiro atoms. The van der Waals surface area contributed by atoms with E-state index in [2.05, 4.69) is 5.32 Å². The average molecular weight is 346 g/mol. The number of rotatable bonds is 5. The summed E-state index contributed by atoms with van der Waals surface area (Å²) in [7, 11) is 0. The van der Waals surface area contributed by atoms with E-state index < -0.39 is 0 Å². The molecule has 2 amide bonds. The Balaban J connectivity index is 1.48. The molecule has 3 rings (SSSR count). The van der Waals surface area contributed by atoms with Crippen molar-refractivity contribution < 1.29 is 23.1 Å². The quantitative estimate of drug-likeness (QED) is 0.900. The van der Waals surface area contributed by atoms with E-state index >= 15 is 0 Å². The molecule has 0 aliphatic carbocycles. The number of benzene rings is 1. The van der Waals surface area contributed by atoms with Gasteiger partial charge in [0.05, 0.1) is 19.4 Å². The minimum atomic E-state index is -0.344. The lowest BCUT2D eigenvalue weighted by Crippen LogP contribution is -2.43. The summed E-state index contributed by atoms with van der Waals surface area (Å²) in [5.41, 5.74) is 0.838. The van der Waals surface area contributed by atoms with Gasteiger partial charge in [-0.1, -0.05) is 12.1 Å². The summed E-state index contributed by atoms with van der Waals surface area (Å²) < 4.78 is 23.7. The monoisotopic (exact) mass is 346 g/mol. The van der Waals surface area contributed by atoms with Gasteiger partial charge in [0.25, 0.3) is 5.91 Å². The van der Waals surface area contributed by atoms with E-state index in [1.54, 1.807) is 29.2 Å². The normalized spacial score (nSPS) is 17.3. The Morgan fingerprint density at radius 1 is 1.24 bits per heavy atom. The van der Waals surface area contributed by atoms with Gasteiger partial charge in [-0.3, -0.25) is 9.59 Å². The van der Waals surface area contributed by atoms with E-state index in [0.29, 0.717) is 19.7 Å². The summed E-state index contributed by atoms with van der Waals surface area (Å²) >= 11 is 0. The van der Waals surface area contributed by atoms with Gasteiger partial charge < -0.3 is 19.4 Å². The first kappa shape index (κ1) is 17.2. The number of nitrogens with zero attached hydrogens (tertiary/aromatic N) is 1. The highest BCUT2D eigenvalue weighted by Crippen LogP contribution is 2.22. The molecule has 25 heavy (non-hydrogen) atoms. The number of ether oxygens (including phenoxy) is 1. The molecule has 1 saturated heterocycles. The van der Waals surface area contributed by atoms with Crippen molar-refractivity contribution in [2.45, 2.75) is 12.5 Å². The molecule has 0 radical (unpaired) electrons. The van der Waals surface area contributed by atoms with Crippen molar-refractivity contribution in [1.82, 2.24) is 10.2 Å². The second-order valence-corrected chi connectivity index (χ2v) is 5.73. The number of halogens is 1. The van der Waals surface area contributed by atoms with Crippen LogP contribution in [0.25, 0.3) is 0 Å². The molecule has 1 fully saturated rings. The predicted molar refractivity (Wildman–Crippen MR) is 87.3 cm³/mol. The van der Waals surface area contributed by atoms with Crippen LogP contribution in [0.5, 0.6) is 0 Å². The van der Waals surface area contributed by atoms with Crippen LogP contribution >= 0.6 is 0 Å². The largest absolute Gasteiger partial charge is 0.459 e. The maximum Gasteiger partial charge on any atom is 0.286 e. The number of nitrogens with one attached hydrogen (secondary N) is 1. The molecule has 0 bridgehead atoms. The summed E-state index contributed by atoms with van der Waals surface area (Å²) in [6.07, 6.45) is 1.35. The van der Waals surface area contributed by atoms with Crippen LogP contribution in [0.1, 0.15) is 28.6 Å². The maximum atomic E-state index is 13.0. The zero-order chi connectivity index (χ0) is 17.6. The van der Waals surface area contributed by atoms with Crippen molar-refractivity contribution >= 4 is 11.8 Å². The van der Waals surface area contributed by atoms with Crippen LogP contribution in [0.3, 0.4) is 0 Å². The molecule has 1 aromatic carbocycles. The zero-order valence-corrected chi connectivity index (χ0v) is 13.6. The Labute approximate surface area is 144 Å². The van der Waals surface area contributed by atoms with Crippen molar-refractivity contribution in [2.75, 3.05) is 26.2 Å². The van der Waals surface area contributed by atoms with Gasteiger partial charge in [-0.2, -0.15) is 0 Å². The van der Waals surface area contributed by atoms with Gasteiger partial charge in [-0.25, -0.2) is 4.39 Å². The molecule has 1 unspecified atom stereocenters. The van der Waals surface area contributed by atoms with Gasteiger partial charge >= 0.3 is 0 Å². The second-order valence-electron chi connectivity index (χ2n) is 5.73. The topological polar surface area (TPSA) is 71.8 Å². The van der Waals surface area contributed by atoms with Crippen molar-refractivity contribution in [3.8, 4) is 0 Å². The Bertz CT molecular complexity index is 715. The molecule has 2 aromatic rings. The van der Waals surface area contributed by atoms with Crippen LogP contribution in [0.2, 0.25) is 0 Å². The smallest absolute Gasteiger partial charge is 0.286 e. The molecule has 1 atom stereocenters. The van der Waals surface area contributed by atoms with Crippen LogP contribution in [0, 0.1) is 5.82 Å². The molecule has 1 aliphatic heterocycles. The number of carbonyl (C=O) groups excluding carboxylic acids is 2. The summed E-state index contributed by atoms with van der Waals surface area (Å²) in [5.74, 6) is -0.492. The van der Waals surface area contributed by atoms with Gasteiger partial charge in [0.2, 0.25) is 5.91 Å². The SMILES string of the molecule is O=C(NCCC(=O)N1CCOC(c2ccc(F)cc2)C1)c1ccco1. The van der Waals surface area contributed by atoms with E-state index in [1.165, 1.54) is 18.4 Å². The summed E-state index contributed by atoms with van der Waals surface area (Å²) in [5, 5.41) is 2.65. The first-order valence-corrected chi connectivity index (χ1v) is 8.10. The Hall–Kier alpha value is -2.67. The van der Waals surface area contributed by atoms with Crippen molar-refractivity contribution in [3.05, 3.63) is 59.8 Å². The number of hydrogen-bond donors (Lipinski definition) is 1. The molecule has 7 heteroatoms. The molecule has 1 aliphatic rings. The van der Waals surface area contributed by atoms with Gasteiger partial charge in [-0.05, 0) is 29.8 Å². The van der Waals surface area contributed by atoms with Gasteiger partial charge in [0.15, 0.2) is 5.76 Å². The number of hydrogen-bond acceptors (Lipinski definition) is 4. The summed E-state index contributed by atoms with van der Waals surface area (Å²) in [6, 6.07) is 9.28. The highest BCUT2D eigenvalue weighted by molar-refractivity contribution is 5.91.